The summed E-state index contributed by atoms with van der Waals surface area (Å²) in [4.78, 5) is 46.7. The number of thioether (sulfide) groups is 2. The molecule has 3 rings (SSSR count). The van der Waals surface area contributed by atoms with Gasteiger partial charge in [0.05, 0.1) is 26.7 Å². The number of fused-ring (bicyclic) bond motifs is 1. The molecule has 2 aliphatic rings. The molecule has 9 nitrogen and oxygen atoms in total. The largest absolute Gasteiger partial charge is 0.456 e. The molecule has 1 atom stereocenters. The monoisotopic (exact) mass is 395 g/mol. The average molecular weight is 395 g/mol. The van der Waals surface area contributed by atoms with Gasteiger partial charge in [0.2, 0.25) is 11.8 Å². The molecule has 2 heterocycles. The second kappa shape index (κ2) is 7.38. The lowest BCUT2D eigenvalue weighted by Crippen LogP contribution is -2.48. The number of nitro groups is 1. The molecule has 0 aliphatic carbocycles. The molecular formula is C15H13N3O6S2. The number of hydrogen-bond donors (Lipinski definition) is 1. The first kappa shape index (κ1) is 18.3. The van der Waals surface area contributed by atoms with Gasteiger partial charge in [-0.15, -0.1) is 11.8 Å². The number of amides is 2. The van der Waals surface area contributed by atoms with Crippen molar-refractivity contribution in [2.45, 2.75) is 18.4 Å². The molecule has 0 bridgehead atoms. The molecule has 136 valence electrons. The third-order valence-electron chi connectivity index (χ3n) is 3.64. The lowest BCUT2D eigenvalue weighted by molar-refractivity contribution is -0.384. The van der Waals surface area contributed by atoms with Crippen molar-refractivity contribution in [2.75, 3.05) is 5.75 Å². The van der Waals surface area contributed by atoms with E-state index in [1.165, 1.54) is 40.9 Å². The summed E-state index contributed by atoms with van der Waals surface area (Å²) in [5.41, 5.74) is 5.78. The topological polar surface area (TPSA) is 133 Å². The smallest absolute Gasteiger partial charge is 0.357 e. The molecule has 0 radical (unpaired) electrons. The normalized spacial score (nSPS) is 18.4. The summed E-state index contributed by atoms with van der Waals surface area (Å²) >= 11 is 2.44. The summed E-state index contributed by atoms with van der Waals surface area (Å²) in [6.45, 7) is -0.0918. The second-order valence-electron chi connectivity index (χ2n) is 5.43. The van der Waals surface area contributed by atoms with Gasteiger partial charge < -0.3 is 10.5 Å². The minimum atomic E-state index is -0.682. The molecule has 11 heteroatoms. The zero-order valence-corrected chi connectivity index (χ0v) is 14.9. The lowest BCUT2D eigenvalue weighted by atomic mass is 10.2. The Labute approximate surface area is 156 Å². The number of nitrogens with zero attached hydrogens (tertiary/aromatic N) is 2. The maximum Gasteiger partial charge on any atom is 0.357 e. The maximum atomic E-state index is 12.5. The van der Waals surface area contributed by atoms with Crippen LogP contribution in [-0.2, 0) is 25.7 Å². The number of carbonyl (C=O) groups is 3. The number of benzene rings is 1. The average Bonchev–Trinajstić information content (AvgIpc) is 2.90. The molecular weight excluding hydrogens is 382 g/mol. The van der Waals surface area contributed by atoms with Crippen LogP contribution in [0.1, 0.15) is 12.0 Å². The molecule has 2 amide bonds. The molecule has 2 aliphatic heterocycles. The number of non-ortho nitro benzene ring substituents is 1. The van der Waals surface area contributed by atoms with Gasteiger partial charge in [0.25, 0.3) is 5.69 Å². The van der Waals surface area contributed by atoms with E-state index in [1.807, 2.05) is 0 Å². The van der Waals surface area contributed by atoms with E-state index in [4.69, 9.17) is 10.5 Å². The third-order valence-corrected chi connectivity index (χ3v) is 6.22. The highest BCUT2D eigenvalue weighted by atomic mass is 32.2. The number of nitrogens with two attached hydrogens (primary N) is 1. The zero-order chi connectivity index (χ0) is 18.8. The summed E-state index contributed by atoms with van der Waals surface area (Å²) in [6.07, 6.45) is 0.324. The molecule has 1 aromatic rings. The number of primary amides is 1. The van der Waals surface area contributed by atoms with Crippen LogP contribution in [-0.4, -0.2) is 38.7 Å². The quantitative estimate of drug-likeness (QED) is 0.316. The van der Waals surface area contributed by atoms with Gasteiger partial charge in [0.15, 0.2) is 5.70 Å². The number of carbonyl (C=O) groups excluding carboxylic acids is 3. The summed E-state index contributed by atoms with van der Waals surface area (Å²) in [7, 11) is 0. The van der Waals surface area contributed by atoms with Crippen molar-refractivity contribution in [2.24, 2.45) is 5.73 Å². The van der Waals surface area contributed by atoms with Gasteiger partial charge in [-0.3, -0.25) is 24.6 Å². The minimum absolute atomic E-state index is 0.00375. The van der Waals surface area contributed by atoms with Crippen LogP contribution in [0.25, 0.3) is 0 Å². The van der Waals surface area contributed by atoms with E-state index in [1.54, 1.807) is 0 Å². The Hall–Kier alpha value is -2.53. The zero-order valence-electron chi connectivity index (χ0n) is 13.2. The Morgan fingerprint density at radius 3 is 2.65 bits per heavy atom. The summed E-state index contributed by atoms with van der Waals surface area (Å²) in [5.74, 6) is -1.39. The van der Waals surface area contributed by atoms with E-state index in [2.05, 4.69) is 0 Å². The Morgan fingerprint density at radius 2 is 2.08 bits per heavy atom. The Bertz CT molecular complexity index is 823. The number of β-lactam (4-membered cyclic amide) rings is 1. The van der Waals surface area contributed by atoms with E-state index >= 15 is 0 Å². The predicted octanol–water partition coefficient (Wildman–Crippen LogP) is 1.33. The van der Waals surface area contributed by atoms with Crippen molar-refractivity contribution in [3.05, 3.63) is 49.9 Å². The van der Waals surface area contributed by atoms with Crippen molar-refractivity contribution < 1.29 is 24.0 Å². The first-order valence-corrected chi connectivity index (χ1v) is 9.28. The van der Waals surface area contributed by atoms with Crippen molar-refractivity contribution in [1.29, 1.82) is 0 Å². The van der Waals surface area contributed by atoms with E-state index in [-0.39, 0.29) is 35.0 Å². The van der Waals surface area contributed by atoms with Gasteiger partial charge in [-0.2, -0.15) is 0 Å². The highest BCUT2D eigenvalue weighted by molar-refractivity contribution is 8.23. The number of ether oxygens (including phenoxy) is 1. The van der Waals surface area contributed by atoms with Crippen LogP contribution in [0.15, 0.2) is 34.2 Å². The van der Waals surface area contributed by atoms with Crippen LogP contribution in [0.4, 0.5) is 5.69 Å². The van der Waals surface area contributed by atoms with Crippen LogP contribution in [0, 0.1) is 10.1 Å². The molecule has 1 unspecified atom stereocenters. The van der Waals surface area contributed by atoms with E-state index in [0.29, 0.717) is 16.2 Å². The second-order valence-corrected chi connectivity index (χ2v) is 7.86. The van der Waals surface area contributed by atoms with E-state index in [0.717, 1.165) is 11.8 Å². The Morgan fingerprint density at radius 1 is 1.38 bits per heavy atom. The summed E-state index contributed by atoms with van der Waals surface area (Å²) in [5, 5.41) is 10.5. The minimum Gasteiger partial charge on any atom is -0.456 e. The fourth-order valence-electron chi connectivity index (χ4n) is 2.38. The molecule has 1 saturated heterocycles. The maximum absolute atomic E-state index is 12.5. The van der Waals surface area contributed by atoms with Crippen LogP contribution >= 0.6 is 23.5 Å². The van der Waals surface area contributed by atoms with Crippen LogP contribution in [0.3, 0.4) is 0 Å². The number of rotatable bonds is 7. The van der Waals surface area contributed by atoms with Gasteiger partial charge in [0.1, 0.15) is 6.61 Å². The van der Waals surface area contributed by atoms with Crippen molar-refractivity contribution in [3.63, 3.8) is 0 Å². The highest BCUT2D eigenvalue weighted by Gasteiger charge is 2.49. The van der Waals surface area contributed by atoms with E-state index in [9.17, 15) is 24.5 Å². The van der Waals surface area contributed by atoms with Crippen molar-refractivity contribution >= 4 is 47.0 Å². The first-order chi connectivity index (χ1) is 12.4. The molecule has 26 heavy (non-hydrogen) atoms. The standard InChI is InChI=1S/C15H13N3O6S2/c16-10(19)7-25-15-13(17-11(20)5-12(17)26-15)14(21)24-6-8-1-3-9(4-2-8)18(22)23/h1-4,12H,5-7H2,(H2,16,19). The lowest BCUT2D eigenvalue weighted by Gasteiger charge is -2.34. The highest BCUT2D eigenvalue weighted by Crippen LogP contribution is 2.50. The van der Waals surface area contributed by atoms with Crippen LogP contribution in [0.5, 0.6) is 0 Å². The SMILES string of the molecule is NC(=O)CSC1=C(C(=O)OCc2ccc([N+](=O)[O-])cc2)N2C(=O)CC2S1. The fraction of sp³-hybridized carbons (Fsp3) is 0.267. The summed E-state index contributed by atoms with van der Waals surface area (Å²) < 4.78 is 5.78. The molecule has 2 N–H and O–H groups in total. The van der Waals surface area contributed by atoms with Crippen molar-refractivity contribution in [1.82, 2.24) is 4.90 Å². The first-order valence-electron chi connectivity index (χ1n) is 7.41. The van der Waals surface area contributed by atoms with Gasteiger partial charge in [-0.05, 0) is 17.7 Å². The molecule has 0 aromatic heterocycles. The Balaban J connectivity index is 1.69. The van der Waals surface area contributed by atoms with Gasteiger partial charge in [0, 0.05) is 12.1 Å². The third kappa shape index (κ3) is 3.68. The summed E-state index contributed by atoms with van der Waals surface area (Å²) in [6, 6.07) is 5.61. The van der Waals surface area contributed by atoms with Crippen LogP contribution in [0.2, 0.25) is 0 Å². The van der Waals surface area contributed by atoms with Crippen LogP contribution < -0.4 is 5.73 Å². The fourth-order valence-corrected chi connectivity index (χ4v) is 4.85. The number of nitro benzene ring substituents is 1. The number of esters is 1. The number of hydrogen-bond acceptors (Lipinski definition) is 8. The molecule has 0 spiro atoms. The van der Waals surface area contributed by atoms with Crippen molar-refractivity contribution in [3.8, 4) is 0 Å². The molecule has 1 fully saturated rings. The van der Waals surface area contributed by atoms with Gasteiger partial charge in [-0.25, -0.2) is 4.79 Å². The van der Waals surface area contributed by atoms with Gasteiger partial charge in [-0.1, -0.05) is 11.8 Å². The predicted molar refractivity (Wildman–Crippen MR) is 94.4 cm³/mol. The van der Waals surface area contributed by atoms with E-state index < -0.39 is 16.8 Å². The molecule has 0 saturated carbocycles. The molecule has 1 aromatic carbocycles. The Kier molecular flexibility index (Phi) is 5.18. The van der Waals surface area contributed by atoms with Gasteiger partial charge >= 0.3 is 5.97 Å².